The Labute approximate surface area is 408 Å². The van der Waals surface area contributed by atoms with Gasteiger partial charge in [0.25, 0.3) is 11.8 Å². The third kappa shape index (κ3) is 9.72. The van der Waals surface area contributed by atoms with E-state index < -0.39 is 41.2 Å². The molecule has 0 spiro atoms. The van der Waals surface area contributed by atoms with Crippen LogP contribution in [0.3, 0.4) is 0 Å². The van der Waals surface area contributed by atoms with E-state index in [-0.39, 0.29) is 84.6 Å². The fourth-order valence-electron chi connectivity index (χ4n) is 8.54. The van der Waals surface area contributed by atoms with Crippen molar-refractivity contribution in [1.82, 2.24) is 49.3 Å². The van der Waals surface area contributed by atoms with Crippen molar-refractivity contribution in [2.75, 3.05) is 74.3 Å². The summed E-state index contributed by atoms with van der Waals surface area (Å²) in [6, 6.07) is 9.28. The van der Waals surface area contributed by atoms with Gasteiger partial charge in [-0.05, 0) is 92.0 Å². The zero-order valence-electron chi connectivity index (χ0n) is 39.1. The van der Waals surface area contributed by atoms with Crippen molar-refractivity contribution in [3.8, 4) is 17.0 Å². The molecule has 3 amide bonds. The van der Waals surface area contributed by atoms with Gasteiger partial charge in [-0.2, -0.15) is 19.6 Å². The maximum Gasteiger partial charge on any atom is 0.410 e. The van der Waals surface area contributed by atoms with E-state index in [2.05, 4.69) is 42.2 Å². The van der Waals surface area contributed by atoms with E-state index in [1.54, 1.807) is 23.7 Å². The van der Waals surface area contributed by atoms with Crippen LogP contribution in [0.1, 0.15) is 70.4 Å². The molecule has 0 unspecified atom stereocenters. The molecule has 7 aromatic rings. The second kappa shape index (κ2) is 19.4. The van der Waals surface area contributed by atoms with Crippen molar-refractivity contribution in [2.45, 2.75) is 51.0 Å². The zero-order valence-corrected chi connectivity index (χ0v) is 39.1. The van der Waals surface area contributed by atoms with Gasteiger partial charge in [0.2, 0.25) is 11.9 Å². The first-order valence-corrected chi connectivity index (χ1v) is 23.3. The Hall–Kier alpha value is -8.37. The van der Waals surface area contributed by atoms with Crippen molar-refractivity contribution in [3.63, 3.8) is 0 Å². The summed E-state index contributed by atoms with van der Waals surface area (Å²) in [5.41, 5.74) is 9.56. The molecule has 5 heterocycles. The second-order valence-corrected chi connectivity index (χ2v) is 18.0. The Bertz CT molecular complexity index is 3300. The van der Waals surface area contributed by atoms with E-state index in [0.717, 1.165) is 48.9 Å². The summed E-state index contributed by atoms with van der Waals surface area (Å²) in [4.78, 5) is 69.7. The molecule has 0 atom stereocenters. The van der Waals surface area contributed by atoms with Crippen LogP contribution in [-0.4, -0.2) is 120 Å². The molecule has 10 rings (SSSR count). The number of anilines is 4. The molecule has 3 aliphatic rings. The number of hydrogen-bond acceptors (Lipinski definition) is 14. The number of hydrogen-bond donors (Lipinski definition) is 4. The SMILES string of the molecule is C=C(COC(=O)N1CCN(c2nc(NCc3nc4c(F)c(F)ccc4[nH]3)n3ncc(C4CC4)c3n2)CC1)C(=O)N(C)CCOc1c(N)ncnc1-c1cc(F)cc(NC(=O)c2ccc(C3CC3)cc2F)c1C. The average Bonchev–Trinajstić information content (AvgIpc) is 4.32. The van der Waals surface area contributed by atoms with Crippen LogP contribution in [0, 0.1) is 30.2 Å². The number of fused-ring (bicyclic) bond motifs is 2. The van der Waals surface area contributed by atoms with Gasteiger partial charge in [-0.25, -0.2) is 37.3 Å². The van der Waals surface area contributed by atoms with Gasteiger partial charge in [-0.15, -0.1) is 0 Å². The number of imidazole rings is 1. The molecule has 1 aliphatic heterocycles. The molecule has 3 aromatic carbocycles. The minimum absolute atomic E-state index is 0.00499. The number of halogens is 4. The first-order chi connectivity index (χ1) is 34.7. The smallest absolute Gasteiger partial charge is 0.410 e. The maximum atomic E-state index is 15.2. The molecule has 19 nitrogen and oxygen atoms in total. The van der Waals surface area contributed by atoms with Crippen molar-refractivity contribution in [3.05, 3.63) is 118 Å². The molecule has 4 aromatic heterocycles. The highest BCUT2D eigenvalue weighted by Crippen LogP contribution is 2.43. The lowest BCUT2D eigenvalue weighted by Crippen LogP contribution is -2.49. The highest BCUT2D eigenvalue weighted by atomic mass is 19.2. The number of aromatic nitrogens is 8. The van der Waals surface area contributed by atoms with Crippen LogP contribution in [0.25, 0.3) is 27.9 Å². The van der Waals surface area contributed by atoms with Crippen LogP contribution < -0.4 is 26.0 Å². The molecule has 372 valence electrons. The summed E-state index contributed by atoms with van der Waals surface area (Å²) in [6.07, 6.45) is 6.30. The van der Waals surface area contributed by atoms with Gasteiger partial charge in [0.15, 0.2) is 28.8 Å². The molecule has 0 radical (unpaired) electrons. The van der Waals surface area contributed by atoms with Crippen LogP contribution in [0.4, 0.5) is 45.8 Å². The Kier molecular flexibility index (Phi) is 12.8. The molecule has 5 N–H and O–H groups in total. The lowest BCUT2D eigenvalue weighted by molar-refractivity contribution is -0.126. The van der Waals surface area contributed by atoms with Gasteiger partial charge in [-0.1, -0.05) is 12.6 Å². The molecule has 3 fully saturated rings. The topological polar surface area (TPSA) is 227 Å². The number of nitrogens with zero attached hydrogens (tertiary/aromatic N) is 10. The number of carbonyl (C=O) groups is 3. The lowest BCUT2D eigenvalue weighted by atomic mass is 10.0. The number of likely N-dealkylation sites (N-methyl/N-ethyl adjacent to an activating group) is 1. The summed E-state index contributed by atoms with van der Waals surface area (Å²) in [5, 5.41) is 10.4. The fraction of sp³-hybridized carbons (Fsp3) is 0.327. The van der Waals surface area contributed by atoms with Gasteiger partial charge in [0, 0.05) is 55.6 Å². The minimum Gasteiger partial charge on any atom is -0.486 e. The number of benzene rings is 3. The molecule has 2 aliphatic carbocycles. The average molecular weight is 989 g/mol. The Morgan fingerprint density at radius 2 is 1.72 bits per heavy atom. The highest BCUT2D eigenvalue weighted by molar-refractivity contribution is 6.05. The number of nitrogen functional groups attached to an aromatic ring is 1. The summed E-state index contributed by atoms with van der Waals surface area (Å²) < 4.78 is 71.4. The van der Waals surface area contributed by atoms with Gasteiger partial charge < -0.3 is 45.5 Å². The predicted molar refractivity (Wildman–Crippen MR) is 256 cm³/mol. The standard InChI is InChI=1S/C49H48F4N14O5/c1-25(46(69)64(3)16-17-71-42-40(56-24-57-43(42)54)32-19-30(50)20-37(26(32)2)60-45(68)31-9-8-29(18-35(31)52)27-4-5-27)23-72-49(70)66-14-12-65(13-15-66)48-62-44-33(28-6-7-28)21-58-67(44)47(63-48)55-22-38-59-36-11-10-34(51)39(53)41(36)61-38/h8-11,18-21,24,27-28H,1,4-7,12-17,22-23H2,2-3H3,(H,59,61)(H,60,68)(H2,54,56,57)(H,55,62,63). The maximum absolute atomic E-state index is 15.2. The van der Waals surface area contributed by atoms with Gasteiger partial charge in [-0.3, -0.25) is 9.59 Å². The zero-order chi connectivity index (χ0) is 50.4. The number of amides is 3. The molecule has 1 saturated heterocycles. The Balaban J connectivity index is 0.720. The number of carbonyl (C=O) groups excluding carboxylic acids is 3. The van der Waals surface area contributed by atoms with Gasteiger partial charge >= 0.3 is 6.09 Å². The van der Waals surface area contributed by atoms with Gasteiger partial charge in [0.1, 0.15) is 48.2 Å². The van der Waals surface area contributed by atoms with Crippen LogP contribution in [0.15, 0.2) is 67.1 Å². The first-order valence-electron chi connectivity index (χ1n) is 23.3. The minimum atomic E-state index is -1.04. The lowest BCUT2D eigenvalue weighted by Gasteiger charge is -2.34. The second-order valence-electron chi connectivity index (χ2n) is 18.0. The van der Waals surface area contributed by atoms with Crippen LogP contribution in [0.5, 0.6) is 5.75 Å². The number of aromatic amines is 1. The summed E-state index contributed by atoms with van der Waals surface area (Å²) in [7, 11) is 1.51. The third-order valence-electron chi connectivity index (χ3n) is 12.9. The normalized spacial score (nSPS) is 14.7. The van der Waals surface area contributed by atoms with Crippen molar-refractivity contribution >= 4 is 58.0 Å². The summed E-state index contributed by atoms with van der Waals surface area (Å²) in [5.74, 6) is -2.98. The fourth-order valence-corrected chi connectivity index (χ4v) is 8.54. The molecule has 72 heavy (non-hydrogen) atoms. The number of nitrogens with one attached hydrogen (secondary N) is 3. The Morgan fingerprint density at radius 3 is 2.47 bits per heavy atom. The van der Waals surface area contributed by atoms with Crippen LogP contribution >= 0.6 is 0 Å². The molecule has 23 heteroatoms. The van der Waals surface area contributed by atoms with E-state index in [4.69, 9.17) is 25.2 Å². The molecule has 2 saturated carbocycles. The quantitative estimate of drug-likeness (QED) is 0.0572. The Morgan fingerprint density at radius 1 is 0.944 bits per heavy atom. The number of ether oxygens (including phenoxy) is 2. The summed E-state index contributed by atoms with van der Waals surface area (Å²) in [6.45, 7) is 6.34. The van der Waals surface area contributed by atoms with E-state index >= 15 is 4.39 Å². The van der Waals surface area contributed by atoms with Gasteiger partial charge in [0.05, 0.1) is 30.4 Å². The van der Waals surface area contributed by atoms with E-state index in [1.807, 2.05) is 4.90 Å². The highest BCUT2D eigenvalue weighted by Gasteiger charge is 2.31. The molecular weight excluding hydrogens is 941 g/mol. The van der Waals surface area contributed by atoms with Crippen molar-refractivity contribution in [2.24, 2.45) is 0 Å². The first kappa shape index (κ1) is 47.3. The number of nitrogens with two attached hydrogens (primary N) is 1. The predicted octanol–water partition coefficient (Wildman–Crippen LogP) is 6.88. The molecular formula is C49H48F4N14O5. The van der Waals surface area contributed by atoms with E-state index in [0.29, 0.717) is 59.4 Å². The number of rotatable bonds is 16. The van der Waals surface area contributed by atoms with Crippen molar-refractivity contribution in [1.29, 1.82) is 0 Å². The number of H-pyrrole nitrogens is 1. The summed E-state index contributed by atoms with van der Waals surface area (Å²) >= 11 is 0. The monoisotopic (exact) mass is 988 g/mol. The number of piperazine rings is 1. The van der Waals surface area contributed by atoms with Crippen LogP contribution in [-0.2, 0) is 16.1 Å². The third-order valence-corrected chi connectivity index (χ3v) is 12.9. The van der Waals surface area contributed by atoms with Crippen LogP contribution in [0.2, 0.25) is 0 Å². The van der Waals surface area contributed by atoms with Crippen molar-refractivity contribution < 1.29 is 41.4 Å². The largest absolute Gasteiger partial charge is 0.486 e. The molecule has 0 bridgehead atoms. The van der Waals surface area contributed by atoms with E-state index in [1.165, 1.54) is 47.4 Å². The van der Waals surface area contributed by atoms with E-state index in [9.17, 15) is 27.6 Å².